The molecule has 1 aromatic carbocycles. The van der Waals surface area contributed by atoms with Crippen LogP contribution in [-0.4, -0.2) is 24.8 Å². The van der Waals surface area contributed by atoms with E-state index in [9.17, 15) is 8.42 Å². The van der Waals surface area contributed by atoms with Gasteiger partial charge in [-0.25, -0.2) is 8.42 Å². The van der Waals surface area contributed by atoms with Crippen molar-refractivity contribution in [1.29, 1.82) is 0 Å². The third-order valence-electron chi connectivity index (χ3n) is 3.20. The van der Waals surface area contributed by atoms with Crippen LogP contribution in [0.2, 0.25) is 0 Å². The van der Waals surface area contributed by atoms with Gasteiger partial charge in [0.2, 0.25) is 10.0 Å². The molecule has 88 valence electrons. The molecule has 0 radical (unpaired) electrons. The van der Waals surface area contributed by atoms with Gasteiger partial charge in [-0.1, -0.05) is 42.0 Å². The fraction of sp³-hybridized carbons (Fsp3) is 0.231. The standard InChI is InChI=1S/C13H13NO2S/c1-10-2-8-13(9-3-10)17(15,16)14-11-4-5-12(14)7-6-11/h2-9,11-12H,1H3. The van der Waals surface area contributed by atoms with Crippen LogP contribution in [-0.2, 0) is 10.0 Å². The van der Waals surface area contributed by atoms with Gasteiger partial charge >= 0.3 is 0 Å². The molecular weight excluding hydrogens is 234 g/mol. The van der Waals surface area contributed by atoms with Crippen LogP contribution in [0.15, 0.2) is 53.5 Å². The summed E-state index contributed by atoms with van der Waals surface area (Å²) in [5, 5.41) is 0. The van der Waals surface area contributed by atoms with Crippen LogP contribution in [0.5, 0.6) is 0 Å². The zero-order valence-corrected chi connectivity index (χ0v) is 10.3. The van der Waals surface area contributed by atoms with Crippen LogP contribution in [0.25, 0.3) is 0 Å². The molecule has 0 amide bonds. The molecule has 0 saturated heterocycles. The van der Waals surface area contributed by atoms with E-state index in [2.05, 4.69) is 0 Å². The van der Waals surface area contributed by atoms with Crippen LogP contribution in [0, 0.1) is 6.92 Å². The van der Waals surface area contributed by atoms with E-state index in [1.807, 2.05) is 43.4 Å². The summed E-state index contributed by atoms with van der Waals surface area (Å²) in [4.78, 5) is 0.366. The molecule has 2 aliphatic heterocycles. The third-order valence-corrected chi connectivity index (χ3v) is 5.10. The molecule has 0 aliphatic carbocycles. The summed E-state index contributed by atoms with van der Waals surface area (Å²) in [6, 6.07) is 6.78. The molecule has 0 unspecified atom stereocenters. The van der Waals surface area contributed by atoms with Crippen molar-refractivity contribution in [2.45, 2.75) is 23.9 Å². The second-order valence-corrected chi connectivity index (χ2v) is 6.24. The van der Waals surface area contributed by atoms with Crippen molar-refractivity contribution in [3.8, 4) is 0 Å². The number of benzene rings is 1. The Kier molecular flexibility index (Phi) is 2.24. The van der Waals surface area contributed by atoms with E-state index in [-0.39, 0.29) is 12.1 Å². The number of nitrogens with zero attached hydrogens (tertiary/aromatic N) is 1. The Hall–Kier alpha value is -1.39. The quantitative estimate of drug-likeness (QED) is 0.748. The molecule has 3 rings (SSSR count). The maximum Gasteiger partial charge on any atom is 0.244 e. The Morgan fingerprint density at radius 3 is 1.88 bits per heavy atom. The summed E-state index contributed by atoms with van der Waals surface area (Å²) in [7, 11) is -3.38. The van der Waals surface area contributed by atoms with Crippen molar-refractivity contribution >= 4 is 10.0 Å². The third kappa shape index (κ3) is 1.56. The molecule has 3 nitrogen and oxygen atoms in total. The lowest BCUT2D eigenvalue weighted by Gasteiger charge is -2.21. The predicted octanol–water partition coefficient (Wildman–Crippen LogP) is 1.86. The fourth-order valence-electron chi connectivity index (χ4n) is 2.27. The van der Waals surface area contributed by atoms with Gasteiger partial charge in [0.15, 0.2) is 0 Å². The average Bonchev–Trinajstić information content (AvgIpc) is 2.89. The summed E-state index contributed by atoms with van der Waals surface area (Å²) in [5.74, 6) is 0. The largest absolute Gasteiger partial charge is 0.244 e. The summed E-state index contributed by atoms with van der Waals surface area (Å²) in [5.41, 5.74) is 1.06. The topological polar surface area (TPSA) is 37.4 Å². The fourth-order valence-corrected chi connectivity index (χ4v) is 3.92. The number of aryl methyl sites for hydroxylation is 1. The van der Waals surface area contributed by atoms with Gasteiger partial charge in [0.05, 0.1) is 17.0 Å². The molecule has 0 N–H and O–H groups in total. The second kappa shape index (κ2) is 3.55. The van der Waals surface area contributed by atoms with Crippen molar-refractivity contribution in [3.05, 3.63) is 54.1 Å². The highest BCUT2D eigenvalue weighted by atomic mass is 32.2. The average molecular weight is 247 g/mol. The smallest absolute Gasteiger partial charge is 0.207 e. The van der Waals surface area contributed by atoms with E-state index in [1.165, 1.54) is 4.31 Å². The molecule has 0 fully saturated rings. The van der Waals surface area contributed by atoms with Crippen LogP contribution >= 0.6 is 0 Å². The first-order valence-electron chi connectivity index (χ1n) is 5.56. The van der Waals surface area contributed by atoms with Crippen molar-refractivity contribution < 1.29 is 8.42 Å². The van der Waals surface area contributed by atoms with E-state index in [4.69, 9.17) is 0 Å². The maximum absolute atomic E-state index is 12.5. The molecule has 0 atom stereocenters. The van der Waals surface area contributed by atoms with Gasteiger partial charge in [-0.3, -0.25) is 0 Å². The van der Waals surface area contributed by atoms with Crippen molar-refractivity contribution in [1.82, 2.24) is 4.31 Å². The Balaban J connectivity index is 2.00. The van der Waals surface area contributed by atoms with Gasteiger partial charge in [-0.05, 0) is 19.1 Å². The molecule has 2 bridgehead atoms. The van der Waals surface area contributed by atoms with Crippen LogP contribution in [0.4, 0.5) is 0 Å². The molecular formula is C13H13NO2S. The molecule has 0 saturated carbocycles. The first-order valence-corrected chi connectivity index (χ1v) is 7.00. The highest BCUT2D eigenvalue weighted by Gasteiger charge is 2.40. The van der Waals surface area contributed by atoms with Crippen molar-refractivity contribution in [2.75, 3.05) is 0 Å². The van der Waals surface area contributed by atoms with Crippen LogP contribution < -0.4 is 0 Å². The van der Waals surface area contributed by atoms with Gasteiger partial charge in [0, 0.05) is 0 Å². The van der Waals surface area contributed by atoms with Crippen molar-refractivity contribution in [2.24, 2.45) is 0 Å². The molecule has 0 spiro atoms. The van der Waals surface area contributed by atoms with Gasteiger partial charge in [-0.15, -0.1) is 0 Å². The summed E-state index contributed by atoms with van der Waals surface area (Å²) < 4.78 is 26.4. The highest BCUT2D eigenvalue weighted by Crippen LogP contribution is 2.32. The molecule has 0 aromatic heterocycles. The number of hydrogen-bond acceptors (Lipinski definition) is 2. The highest BCUT2D eigenvalue weighted by molar-refractivity contribution is 7.89. The number of hydrogen-bond donors (Lipinski definition) is 0. The maximum atomic E-state index is 12.5. The first-order chi connectivity index (χ1) is 8.09. The Morgan fingerprint density at radius 1 is 0.941 bits per heavy atom. The minimum atomic E-state index is -3.38. The zero-order valence-electron chi connectivity index (χ0n) is 9.45. The minimum Gasteiger partial charge on any atom is -0.207 e. The van der Waals surface area contributed by atoms with Gasteiger partial charge in [0.1, 0.15) is 0 Å². The SMILES string of the molecule is Cc1ccc(S(=O)(=O)N2C3C=CC2C=C3)cc1. The number of rotatable bonds is 2. The lowest BCUT2D eigenvalue weighted by molar-refractivity contribution is 0.429. The lowest BCUT2D eigenvalue weighted by atomic mass is 10.2. The normalized spacial score (nSPS) is 26.9. The van der Waals surface area contributed by atoms with E-state index < -0.39 is 10.0 Å². The molecule has 4 heteroatoms. The monoisotopic (exact) mass is 247 g/mol. The zero-order chi connectivity index (χ0) is 12.0. The van der Waals surface area contributed by atoms with Gasteiger partial charge < -0.3 is 0 Å². The molecule has 2 heterocycles. The molecule has 17 heavy (non-hydrogen) atoms. The van der Waals surface area contributed by atoms with E-state index >= 15 is 0 Å². The van der Waals surface area contributed by atoms with E-state index in [0.29, 0.717) is 4.90 Å². The second-order valence-electron chi connectivity index (χ2n) is 4.40. The van der Waals surface area contributed by atoms with E-state index in [0.717, 1.165) is 5.56 Å². The number of fused-ring (bicyclic) bond motifs is 2. The lowest BCUT2D eigenvalue weighted by Crippen LogP contribution is -2.36. The van der Waals surface area contributed by atoms with Crippen LogP contribution in [0.1, 0.15) is 5.56 Å². The van der Waals surface area contributed by atoms with Crippen LogP contribution in [0.3, 0.4) is 0 Å². The number of sulfonamides is 1. The Morgan fingerprint density at radius 2 is 1.41 bits per heavy atom. The molecule has 1 aromatic rings. The summed E-state index contributed by atoms with van der Waals surface area (Å²) in [6.07, 6.45) is 7.71. The summed E-state index contributed by atoms with van der Waals surface area (Å²) >= 11 is 0. The van der Waals surface area contributed by atoms with Gasteiger partial charge in [-0.2, -0.15) is 4.31 Å². The van der Waals surface area contributed by atoms with Gasteiger partial charge in [0.25, 0.3) is 0 Å². The van der Waals surface area contributed by atoms with E-state index in [1.54, 1.807) is 12.1 Å². The Labute approximate surface area is 101 Å². The predicted molar refractivity (Wildman–Crippen MR) is 66.1 cm³/mol. The minimum absolute atomic E-state index is 0.105. The van der Waals surface area contributed by atoms with Crippen molar-refractivity contribution in [3.63, 3.8) is 0 Å². The summed E-state index contributed by atoms with van der Waals surface area (Å²) in [6.45, 7) is 1.94. The Bertz CT molecular complexity index is 569. The molecule has 2 aliphatic rings. The first kappa shape index (κ1) is 10.7.